The number of primary amides is 1. The van der Waals surface area contributed by atoms with Gasteiger partial charge < -0.3 is 48.4 Å². The fourth-order valence-corrected chi connectivity index (χ4v) is 6.45. The standard InChI is InChI=1S/C38H59N9O7/c1-20(2)15-27-34(50)44-28(16-21(3)4)37(53)47-32(22(5)6)38(54)46-30(18-31(40)48)36(52)42-26(13-9-10-14-39)33(49)45-29(35(51)43-27)17-23-19-41-25-12-8-7-11-24(23)25/h7-8,11-12,19-22,26-30,32,41H,9-10,13-18,39H2,1-6H3,(H2,40,48)(H,42,52)(H,43,51)(H,44,50)(H,45,49)(H,46,54)(H,47,53)/t26-,27+,28-,29+,30+,32+/m1/s1. The summed E-state index contributed by atoms with van der Waals surface area (Å²) in [7, 11) is 0. The molecule has 54 heavy (non-hydrogen) atoms. The zero-order valence-electron chi connectivity index (χ0n) is 32.3. The molecule has 1 aliphatic rings. The zero-order valence-corrected chi connectivity index (χ0v) is 32.3. The van der Waals surface area contributed by atoms with Crippen molar-refractivity contribution in [3.63, 3.8) is 0 Å². The van der Waals surface area contributed by atoms with Gasteiger partial charge in [-0.2, -0.15) is 0 Å². The molecule has 1 saturated heterocycles. The molecule has 7 amide bonds. The van der Waals surface area contributed by atoms with Crippen molar-refractivity contribution >= 4 is 52.3 Å². The van der Waals surface area contributed by atoms with Crippen LogP contribution in [0.4, 0.5) is 0 Å². The summed E-state index contributed by atoms with van der Waals surface area (Å²) in [4.78, 5) is 98.8. The SMILES string of the molecule is CC(C)C[C@@H]1NC(=O)[C@H](Cc2c[nH]c3ccccc23)NC(=O)[C@@H](CCCCN)NC(=O)[C@H](CC(N)=O)NC(=O)[C@H](C(C)C)NC(=O)[C@@H](CC(C)C)NC1=O. The highest BCUT2D eigenvalue weighted by molar-refractivity contribution is 5.99. The molecule has 0 saturated carbocycles. The molecule has 1 aromatic heterocycles. The zero-order chi connectivity index (χ0) is 40.1. The lowest BCUT2D eigenvalue weighted by molar-refractivity contribution is -0.137. The summed E-state index contributed by atoms with van der Waals surface area (Å²) < 4.78 is 0. The molecule has 6 atom stereocenters. The molecule has 0 spiro atoms. The molecular formula is C38H59N9O7. The van der Waals surface area contributed by atoms with E-state index in [1.807, 2.05) is 52.0 Å². The van der Waals surface area contributed by atoms with E-state index >= 15 is 0 Å². The number of hydrogen-bond acceptors (Lipinski definition) is 8. The number of aromatic nitrogens is 1. The topological polar surface area (TPSA) is 260 Å². The van der Waals surface area contributed by atoms with Crippen molar-refractivity contribution < 1.29 is 33.6 Å². The second-order valence-electron chi connectivity index (χ2n) is 15.3. The van der Waals surface area contributed by atoms with Crippen LogP contribution >= 0.6 is 0 Å². The Morgan fingerprint density at radius 2 is 1.15 bits per heavy atom. The number of rotatable bonds is 13. The predicted molar refractivity (Wildman–Crippen MR) is 204 cm³/mol. The summed E-state index contributed by atoms with van der Waals surface area (Å²) in [6.45, 7) is 11.2. The molecule has 3 rings (SSSR count). The van der Waals surface area contributed by atoms with Crippen LogP contribution in [0.1, 0.15) is 85.6 Å². The van der Waals surface area contributed by atoms with Crippen molar-refractivity contribution in [3.8, 4) is 0 Å². The summed E-state index contributed by atoms with van der Waals surface area (Å²) in [6, 6.07) is 0.208. The number of carbonyl (C=O) groups excluding carboxylic acids is 7. The minimum atomic E-state index is -1.50. The minimum Gasteiger partial charge on any atom is -0.370 e. The van der Waals surface area contributed by atoms with Crippen LogP contribution in [-0.2, 0) is 40.0 Å². The molecule has 16 nitrogen and oxygen atoms in total. The Labute approximate surface area is 316 Å². The Morgan fingerprint density at radius 1 is 0.648 bits per heavy atom. The largest absolute Gasteiger partial charge is 0.370 e. The molecule has 16 heteroatoms. The quantitative estimate of drug-likeness (QED) is 0.129. The third kappa shape index (κ3) is 12.8. The Morgan fingerprint density at radius 3 is 1.72 bits per heavy atom. The molecule has 298 valence electrons. The average Bonchev–Trinajstić information content (AvgIpc) is 3.50. The van der Waals surface area contributed by atoms with Gasteiger partial charge in [0.1, 0.15) is 36.3 Å². The van der Waals surface area contributed by atoms with E-state index in [0.717, 1.165) is 16.5 Å². The first kappa shape index (κ1) is 43.4. The highest BCUT2D eigenvalue weighted by Gasteiger charge is 2.36. The molecule has 11 N–H and O–H groups in total. The number of benzene rings is 1. The predicted octanol–water partition coefficient (Wildman–Crippen LogP) is 0.385. The van der Waals surface area contributed by atoms with Crippen molar-refractivity contribution in [2.24, 2.45) is 29.2 Å². The highest BCUT2D eigenvalue weighted by Crippen LogP contribution is 2.20. The number of nitrogens with one attached hydrogen (secondary N) is 7. The highest BCUT2D eigenvalue weighted by atomic mass is 16.2. The lowest BCUT2D eigenvalue weighted by Gasteiger charge is -2.30. The summed E-state index contributed by atoms with van der Waals surface area (Å²) >= 11 is 0. The van der Waals surface area contributed by atoms with E-state index in [0.29, 0.717) is 19.4 Å². The van der Waals surface area contributed by atoms with Gasteiger partial charge in [0.05, 0.1) is 6.42 Å². The lowest BCUT2D eigenvalue weighted by Crippen LogP contribution is -2.62. The van der Waals surface area contributed by atoms with E-state index in [2.05, 4.69) is 36.9 Å². The van der Waals surface area contributed by atoms with Crippen LogP contribution in [0, 0.1) is 17.8 Å². The number of fused-ring (bicyclic) bond motifs is 1. The summed E-state index contributed by atoms with van der Waals surface area (Å²) in [6.07, 6.45) is 2.68. The number of para-hydroxylation sites is 1. The van der Waals surface area contributed by atoms with E-state index in [1.165, 1.54) is 0 Å². The molecular weight excluding hydrogens is 694 g/mol. The van der Waals surface area contributed by atoms with Crippen LogP contribution in [0.25, 0.3) is 10.9 Å². The number of aromatic amines is 1. The Balaban J connectivity index is 2.14. The van der Waals surface area contributed by atoms with Gasteiger partial charge in [-0.1, -0.05) is 59.7 Å². The molecule has 0 unspecified atom stereocenters. The molecule has 2 heterocycles. The van der Waals surface area contributed by atoms with E-state index in [1.54, 1.807) is 20.0 Å². The lowest BCUT2D eigenvalue weighted by atomic mass is 9.97. The van der Waals surface area contributed by atoms with Crippen molar-refractivity contribution in [2.75, 3.05) is 6.54 Å². The van der Waals surface area contributed by atoms with Crippen LogP contribution in [0.15, 0.2) is 30.5 Å². The molecule has 2 aromatic rings. The fourth-order valence-electron chi connectivity index (χ4n) is 6.45. The number of unbranched alkanes of at least 4 members (excludes halogenated alkanes) is 1. The van der Waals surface area contributed by atoms with E-state index in [9.17, 15) is 33.6 Å². The van der Waals surface area contributed by atoms with Gasteiger partial charge in [0.2, 0.25) is 41.4 Å². The van der Waals surface area contributed by atoms with Crippen LogP contribution in [0.5, 0.6) is 0 Å². The van der Waals surface area contributed by atoms with Gasteiger partial charge >= 0.3 is 0 Å². The van der Waals surface area contributed by atoms with Gasteiger partial charge in [-0.25, -0.2) is 0 Å². The maximum absolute atomic E-state index is 14.2. The average molecular weight is 754 g/mol. The van der Waals surface area contributed by atoms with E-state index < -0.39 is 89.9 Å². The monoisotopic (exact) mass is 753 g/mol. The minimum absolute atomic E-state index is 0.0242. The maximum atomic E-state index is 14.2. The first-order chi connectivity index (χ1) is 25.5. The Hall–Kier alpha value is -4.99. The summed E-state index contributed by atoms with van der Waals surface area (Å²) in [5.41, 5.74) is 12.7. The van der Waals surface area contributed by atoms with E-state index in [-0.39, 0.29) is 37.5 Å². The smallest absolute Gasteiger partial charge is 0.243 e. The molecule has 0 aliphatic carbocycles. The van der Waals surface area contributed by atoms with Crippen LogP contribution in [0.2, 0.25) is 0 Å². The van der Waals surface area contributed by atoms with Gasteiger partial charge in [-0.15, -0.1) is 0 Å². The van der Waals surface area contributed by atoms with Crippen molar-refractivity contribution in [2.45, 2.75) is 123 Å². The normalized spacial score (nSPS) is 24.0. The van der Waals surface area contributed by atoms with Crippen molar-refractivity contribution in [1.82, 2.24) is 36.9 Å². The number of carbonyl (C=O) groups is 7. The van der Waals surface area contributed by atoms with Gasteiger partial charge in [-0.3, -0.25) is 33.6 Å². The molecule has 1 aliphatic heterocycles. The van der Waals surface area contributed by atoms with Gasteiger partial charge in [0, 0.05) is 23.5 Å². The van der Waals surface area contributed by atoms with Gasteiger partial charge in [0.15, 0.2) is 0 Å². The number of nitrogens with two attached hydrogens (primary N) is 2. The molecule has 0 bridgehead atoms. The number of H-pyrrole nitrogens is 1. The molecule has 1 fully saturated rings. The summed E-state index contributed by atoms with van der Waals surface area (Å²) in [5, 5.41) is 17.2. The third-order valence-electron chi connectivity index (χ3n) is 9.28. The van der Waals surface area contributed by atoms with Crippen molar-refractivity contribution in [1.29, 1.82) is 0 Å². The van der Waals surface area contributed by atoms with Crippen LogP contribution in [-0.4, -0.2) is 89.1 Å². The maximum Gasteiger partial charge on any atom is 0.243 e. The Kier molecular flexibility index (Phi) is 16.5. The van der Waals surface area contributed by atoms with Crippen LogP contribution in [0.3, 0.4) is 0 Å². The second-order valence-corrected chi connectivity index (χ2v) is 15.3. The van der Waals surface area contributed by atoms with Crippen LogP contribution < -0.4 is 43.4 Å². The Bertz CT molecular complexity index is 1640. The number of amides is 7. The molecule has 0 radical (unpaired) electrons. The molecule has 1 aromatic carbocycles. The number of hydrogen-bond donors (Lipinski definition) is 9. The third-order valence-corrected chi connectivity index (χ3v) is 9.28. The first-order valence-electron chi connectivity index (χ1n) is 18.9. The van der Waals surface area contributed by atoms with E-state index in [4.69, 9.17) is 11.5 Å². The van der Waals surface area contributed by atoms with Gasteiger partial charge in [0.25, 0.3) is 0 Å². The van der Waals surface area contributed by atoms with Gasteiger partial charge in [-0.05, 0) is 68.0 Å². The second kappa shape index (κ2) is 20.5. The first-order valence-corrected chi connectivity index (χ1v) is 18.9. The van der Waals surface area contributed by atoms with Crippen molar-refractivity contribution in [3.05, 3.63) is 36.0 Å². The summed E-state index contributed by atoms with van der Waals surface area (Å²) in [5.74, 6) is -5.68. The fraction of sp³-hybridized carbons (Fsp3) is 0.605.